The number of likely N-dealkylation sites (N-methyl/N-ethyl adjacent to an activating group) is 1. The lowest BCUT2D eigenvalue weighted by molar-refractivity contribution is 0.203. The fourth-order valence-corrected chi connectivity index (χ4v) is 3.90. The van der Waals surface area contributed by atoms with Crippen molar-refractivity contribution in [2.24, 2.45) is 0 Å². The molecule has 22 heavy (non-hydrogen) atoms. The molecule has 0 bridgehead atoms. The van der Waals surface area contributed by atoms with Crippen molar-refractivity contribution < 1.29 is 8.42 Å². The van der Waals surface area contributed by atoms with Crippen LogP contribution in [0, 0.1) is 0 Å². The summed E-state index contributed by atoms with van der Waals surface area (Å²) in [5.41, 5.74) is 1.17. The van der Waals surface area contributed by atoms with Crippen LogP contribution >= 0.6 is 0 Å². The van der Waals surface area contributed by atoms with Gasteiger partial charge in [-0.15, -0.1) is 0 Å². The van der Waals surface area contributed by atoms with Gasteiger partial charge in [-0.05, 0) is 31.7 Å². The smallest absolute Gasteiger partial charge is 0.240 e. The first-order valence-electron chi connectivity index (χ1n) is 7.32. The van der Waals surface area contributed by atoms with Crippen molar-refractivity contribution in [3.05, 3.63) is 48.3 Å². The molecule has 0 unspecified atom stereocenters. The molecule has 0 spiro atoms. The molecule has 0 saturated heterocycles. The van der Waals surface area contributed by atoms with E-state index in [0.29, 0.717) is 17.9 Å². The largest absolute Gasteiger partial charge is 0.298 e. The Balaban J connectivity index is 1.63. The van der Waals surface area contributed by atoms with E-state index in [1.165, 1.54) is 5.69 Å². The Bertz CT molecular complexity index is 727. The van der Waals surface area contributed by atoms with Gasteiger partial charge in [-0.2, -0.15) is 5.10 Å². The Hall–Kier alpha value is -1.70. The van der Waals surface area contributed by atoms with Crippen molar-refractivity contribution in [3.63, 3.8) is 0 Å². The summed E-state index contributed by atoms with van der Waals surface area (Å²) in [7, 11) is -1.36. The van der Waals surface area contributed by atoms with Crippen LogP contribution in [0.1, 0.15) is 18.2 Å². The van der Waals surface area contributed by atoms with E-state index in [1.807, 2.05) is 10.7 Å². The topological polar surface area (TPSA) is 67.2 Å². The van der Waals surface area contributed by atoms with Gasteiger partial charge in [-0.1, -0.05) is 18.2 Å². The molecule has 7 heteroatoms. The van der Waals surface area contributed by atoms with Crippen LogP contribution in [0.4, 0.5) is 0 Å². The van der Waals surface area contributed by atoms with Gasteiger partial charge in [0.15, 0.2) is 0 Å². The highest BCUT2D eigenvalue weighted by atomic mass is 32.2. The number of hydrogen-bond donors (Lipinski definition) is 1. The zero-order valence-corrected chi connectivity index (χ0v) is 13.3. The third-order valence-electron chi connectivity index (χ3n) is 3.88. The SMILES string of the molecule is CN1Cc2ccnn2[C@H](CCNS(=O)(=O)c2ccccc2)C1. The lowest BCUT2D eigenvalue weighted by atomic mass is 10.1. The molecule has 0 fully saturated rings. The molecule has 0 radical (unpaired) electrons. The maximum atomic E-state index is 12.2. The van der Waals surface area contributed by atoms with E-state index in [9.17, 15) is 8.42 Å². The van der Waals surface area contributed by atoms with Gasteiger partial charge in [-0.3, -0.25) is 9.58 Å². The molecule has 1 aliphatic heterocycles. The minimum absolute atomic E-state index is 0.197. The molecule has 1 aliphatic rings. The molecule has 3 rings (SSSR count). The molecular weight excluding hydrogens is 300 g/mol. The Morgan fingerprint density at radius 3 is 2.82 bits per heavy atom. The minimum atomic E-state index is -3.43. The fourth-order valence-electron chi connectivity index (χ4n) is 2.83. The first-order valence-corrected chi connectivity index (χ1v) is 8.80. The molecule has 6 nitrogen and oxygen atoms in total. The van der Waals surface area contributed by atoms with E-state index in [0.717, 1.165) is 13.1 Å². The summed E-state index contributed by atoms with van der Waals surface area (Å²) in [5, 5.41) is 4.36. The zero-order valence-electron chi connectivity index (χ0n) is 12.5. The molecular formula is C15H20N4O2S. The van der Waals surface area contributed by atoms with E-state index < -0.39 is 10.0 Å². The summed E-state index contributed by atoms with van der Waals surface area (Å²) in [4.78, 5) is 2.53. The van der Waals surface area contributed by atoms with Crippen LogP contribution in [0.3, 0.4) is 0 Å². The van der Waals surface area contributed by atoms with Gasteiger partial charge >= 0.3 is 0 Å². The van der Waals surface area contributed by atoms with Gasteiger partial charge in [0, 0.05) is 25.8 Å². The van der Waals surface area contributed by atoms with E-state index in [2.05, 4.69) is 21.8 Å². The van der Waals surface area contributed by atoms with Crippen LogP contribution in [-0.4, -0.2) is 43.2 Å². The highest BCUT2D eigenvalue weighted by Crippen LogP contribution is 2.21. The van der Waals surface area contributed by atoms with Gasteiger partial charge in [0.1, 0.15) is 0 Å². The summed E-state index contributed by atoms with van der Waals surface area (Å²) in [5.74, 6) is 0. The van der Waals surface area contributed by atoms with E-state index in [1.54, 1.807) is 36.5 Å². The molecule has 1 aromatic heterocycles. The fraction of sp³-hybridized carbons (Fsp3) is 0.400. The first-order chi connectivity index (χ1) is 10.6. The number of rotatable bonds is 5. The number of benzene rings is 1. The van der Waals surface area contributed by atoms with Crippen molar-refractivity contribution in [3.8, 4) is 0 Å². The van der Waals surface area contributed by atoms with Crippen molar-refractivity contribution in [1.29, 1.82) is 0 Å². The predicted molar refractivity (Wildman–Crippen MR) is 83.8 cm³/mol. The van der Waals surface area contributed by atoms with Crippen molar-refractivity contribution >= 4 is 10.0 Å². The van der Waals surface area contributed by atoms with Gasteiger partial charge in [0.05, 0.1) is 16.6 Å². The summed E-state index contributed by atoms with van der Waals surface area (Å²) >= 11 is 0. The van der Waals surface area contributed by atoms with Crippen LogP contribution in [-0.2, 0) is 16.6 Å². The monoisotopic (exact) mass is 320 g/mol. The van der Waals surface area contributed by atoms with Gasteiger partial charge in [-0.25, -0.2) is 13.1 Å². The lowest BCUT2D eigenvalue weighted by Gasteiger charge is -2.31. The maximum Gasteiger partial charge on any atom is 0.240 e. The Morgan fingerprint density at radius 2 is 2.05 bits per heavy atom. The van der Waals surface area contributed by atoms with E-state index >= 15 is 0 Å². The average Bonchev–Trinajstić information content (AvgIpc) is 2.96. The zero-order chi connectivity index (χ0) is 15.6. The molecule has 2 heterocycles. The van der Waals surface area contributed by atoms with Gasteiger partial charge in [0.2, 0.25) is 10.0 Å². The second kappa shape index (κ2) is 6.20. The number of fused-ring (bicyclic) bond motifs is 1. The Labute approximate surface area is 130 Å². The van der Waals surface area contributed by atoms with Gasteiger partial charge in [0.25, 0.3) is 0 Å². The third kappa shape index (κ3) is 3.21. The van der Waals surface area contributed by atoms with Crippen LogP contribution in [0.25, 0.3) is 0 Å². The number of hydrogen-bond acceptors (Lipinski definition) is 4. The molecule has 1 N–H and O–H groups in total. The van der Waals surface area contributed by atoms with E-state index in [4.69, 9.17) is 0 Å². The normalized spacial score (nSPS) is 19.0. The quantitative estimate of drug-likeness (QED) is 0.900. The van der Waals surface area contributed by atoms with Crippen LogP contribution in [0.15, 0.2) is 47.5 Å². The highest BCUT2D eigenvalue weighted by molar-refractivity contribution is 7.89. The van der Waals surface area contributed by atoms with Crippen molar-refractivity contribution in [1.82, 2.24) is 19.4 Å². The summed E-state index contributed by atoms with van der Waals surface area (Å²) < 4.78 is 29.1. The standard InChI is InChI=1S/C15H20N4O2S/c1-18-11-13-7-9-16-19(13)14(12-18)8-10-17-22(20,21)15-5-3-2-4-6-15/h2-7,9,14,17H,8,10-12H2,1H3/t14-/m1/s1. The summed E-state index contributed by atoms with van der Waals surface area (Å²) in [6, 6.07) is 10.7. The second-order valence-corrected chi connectivity index (χ2v) is 7.38. The van der Waals surface area contributed by atoms with Crippen LogP contribution in [0.2, 0.25) is 0 Å². The lowest BCUT2D eigenvalue weighted by Crippen LogP contribution is -2.37. The molecule has 1 atom stereocenters. The van der Waals surface area contributed by atoms with Gasteiger partial charge < -0.3 is 0 Å². The minimum Gasteiger partial charge on any atom is -0.298 e. The highest BCUT2D eigenvalue weighted by Gasteiger charge is 2.23. The van der Waals surface area contributed by atoms with Crippen molar-refractivity contribution in [2.75, 3.05) is 20.1 Å². The first kappa shape index (κ1) is 15.2. The Kier molecular flexibility index (Phi) is 4.28. The number of sulfonamides is 1. The third-order valence-corrected chi connectivity index (χ3v) is 5.35. The number of aromatic nitrogens is 2. The summed E-state index contributed by atoms with van der Waals surface area (Å²) in [6.45, 7) is 2.16. The van der Waals surface area contributed by atoms with Crippen molar-refractivity contribution in [2.45, 2.75) is 23.9 Å². The maximum absolute atomic E-state index is 12.2. The average molecular weight is 320 g/mol. The predicted octanol–water partition coefficient (Wildman–Crippen LogP) is 1.24. The van der Waals surface area contributed by atoms with Crippen LogP contribution in [0.5, 0.6) is 0 Å². The molecule has 0 saturated carbocycles. The number of nitrogens with one attached hydrogen (secondary N) is 1. The molecule has 0 aliphatic carbocycles. The molecule has 0 amide bonds. The molecule has 1 aromatic carbocycles. The van der Waals surface area contributed by atoms with E-state index in [-0.39, 0.29) is 6.04 Å². The number of nitrogens with zero attached hydrogens (tertiary/aromatic N) is 3. The molecule has 2 aromatic rings. The molecule has 118 valence electrons. The van der Waals surface area contributed by atoms with Crippen LogP contribution < -0.4 is 4.72 Å². The Morgan fingerprint density at radius 1 is 1.27 bits per heavy atom. The summed E-state index contributed by atoms with van der Waals surface area (Å²) in [6.07, 6.45) is 2.51. The second-order valence-electron chi connectivity index (χ2n) is 5.62.